The number of hydrogen-bond acceptors (Lipinski definition) is 7. The van der Waals surface area contributed by atoms with E-state index in [1.165, 1.54) is 128 Å². The second-order valence-electron chi connectivity index (χ2n) is 17.5. The molecule has 0 aliphatic heterocycles. The van der Waals surface area contributed by atoms with Crippen LogP contribution in [0, 0.1) is 0 Å². The Bertz CT molecular complexity index is 1290. The molecule has 2 unspecified atom stereocenters. The van der Waals surface area contributed by atoms with Crippen molar-refractivity contribution < 1.29 is 37.9 Å². The molecule has 9 nitrogen and oxygen atoms in total. The van der Waals surface area contributed by atoms with Crippen molar-refractivity contribution in [3.63, 3.8) is 0 Å². The topological polar surface area (TPSA) is 131 Å². The fourth-order valence-corrected chi connectivity index (χ4v) is 7.97. The van der Waals surface area contributed by atoms with E-state index < -0.39 is 26.5 Å². The number of allylic oxidation sites excluding steroid dienone is 12. The number of aliphatic hydroxyl groups is 1. The average Bonchev–Trinajstić information content (AvgIpc) is 3.29. The monoisotopic (exact) mass is 932 g/mol. The van der Waals surface area contributed by atoms with Gasteiger partial charge in [0.2, 0.25) is 5.91 Å². The van der Waals surface area contributed by atoms with E-state index in [0.29, 0.717) is 6.42 Å². The predicted octanol–water partition coefficient (Wildman–Crippen LogP) is 15.8. The zero-order valence-electron chi connectivity index (χ0n) is 41.7. The second-order valence-corrected chi connectivity index (χ2v) is 18.9. The molecule has 0 heterocycles. The van der Waals surface area contributed by atoms with E-state index in [9.17, 15) is 24.2 Å². The number of aliphatic hydroxyl groups excluding tert-OH is 1. The maximum Gasteiger partial charge on any atom is 0.472 e. The van der Waals surface area contributed by atoms with Gasteiger partial charge in [-0.1, -0.05) is 228 Å². The highest BCUT2D eigenvalue weighted by molar-refractivity contribution is 7.47. The lowest BCUT2D eigenvalue weighted by Gasteiger charge is -2.15. The van der Waals surface area contributed by atoms with Crippen molar-refractivity contribution in [2.75, 3.05) is 26.4 Å². The Labute approximate surface area is 399 Å². The summed E-state index contributed by atoms with van der Waals surface area (Å²) in [7, 11) is -4.44. The van der Waals surface area contributed by atoms with Crippen LogP contribution < -0.4 is 5.32 Å². The first-order chi connectivity index (χ1) is 31.8. The van der Waals surface area contributed by atoms with Gasteiger partial charge in [0.1, 0.15) is 12.7 Å². The van der Waals surface area contributed by atoms with Crippen molar-refractivity contribution in [3.05, 3.63) is 72.9 Å². The Balaban J connectivity index is 3.60. The lowest BCUT2D eigenvalue weighted by atomic mass is 10.0. The molecule has 0 aromatic rings. The zero-order chi connectivity index (χ0) is 47.4. The summed E-state index contributed by atoms with van der Waals surface area (Å²) in [5.41, 5.74) is 0. The van der Waals surface area contributed by atoms with Crippen LogP contribution in [-0.2, 0) is 27.9 Å². The van der Waals surface area contributed by atoms with E-state index in [2.05, 4.69) is 92.1 Å². The molecule has 1 amide bonds. The summed E-state index contributed by atoms with van der Waals surface area (Å²) in [6, 6.07) is 0. The van der Waals surface area contributed by atoms with E-state index in [-0.39, 0.29) is 32.1 Å². The number of nitrogens with one attached hydrogen (secondary N) is 1. The van der Waals surface area contributed by atoms with Crippen molar-refractivity contribution in [2.24, 2.45) is 0 Å². The van der Waals surface area contributed by atoms with Crippen LogP contribution in [-0.4, -0.2) is 54.3 Å². The summed E-state index contributed by atoms with van der Waals surface area (Å²) in [4.78, 5) is 34.1. The molecule has 0 bridgehead atoms. The number of phosphoric ester groups is 1. The minimum atomic E-state index is -4.44. The van der Waals surface area contributed by atoms with E-state index in [0.717, 1.165) is 77.0 Å². The van der Waals surface area contributed by atoms with Crippen molar-refractivity contribution >= 4 is 19.7 Å². The number of hydrogen-bond donors (Lipinski definition) is 3. The van der Waals surface area contributed by atoms with Crippen LogP contribution in [0.3, 0.4) is 0 Å². The van der Waals surface area contributed by atoms with Crippen LogP contribution in [0.15, 0.2) is 72.9 Å². The van der Waals surface area contributed by atoms with Gasteiger partial charge in [0.05, 0.1) is 13.2 Å². The highest BCUT2D eigenvalue weighted by Crippen LogP contribution is 2.42. The summed E-state index contributed by atoms with van der Waals surface area (Å²) in [5.74, 6) is -0.557. The van der Waals surface area contributed by atoms with Gasteiger partial charge in [0, 0.05) is 19.4 Å². The molecule has 0 aromatic heterocycles. The number of carbonyl (C=O) groups is 2. The molecule has 3 N–H and O–H groups in total. The first-order valence-corrected chi connectivity index (χ1v) is 27.9. The van der Waals surface area contributed by atoms with Crippen LogP contribution in [0.4, 0.5) is 0 Å². The first kappa shape index (κ1) is 62.4. The highest BCUT2D eigenvalue weighted by Gasteiger charge is 2.23. The van der Waals surface area contributed by atoms with Gasteiger partial charge < -0.3 is 20.1 Å². The quantitative estimate of drug-likeness (QED) is 0.0238. The van der Waals surface area contributed by atoms with E-state index in [4.69, 9.17) is 13.8 Å². The molecule has 0 fully saturated rings. The molecule has 0 saturated heterocycles. The molecule has 2 atom stereocenters. The van der Waals surface area contributed by atoms with Crippen LogP contribution in [0.5, 0.6) is 0 Å². The third-order valence-electron chi connectivity index (χ3n) is 11.2. The van der Waals surface area contributed by atoms with Gasteiger partial charge >= 0.3 is 13.8 Å². The molecular weight excluding hydrogens is 834 g/mol. The van der Waals surface area contributed by atoms with Gasteiger partial charge in [0.15, 0.2) is 0 Å². The Kier molecular flexibility index (Phi) is 48.9. The van der Waals surface area contributed by atoms with Crippen LogP contribution in [0.1, 0.15) is 232 Å². The Morgan fingerprint density at radius 2 is 0.877 bits per heavy atom. The smallest absolute Gasteiger partial charge is 0.463 e. The number of unbranched alkanes of at least 4 members (excludes halogenated alkanes) is 24. The minimum Gasteiger partial charge on any atom is -0.463 e. The number of phosphoric acid groups is 1. The second kappa shape index (κ2) is 50.9. The lowest BCUT2D eigenvalue weighted by Crippen LogP contribution is -2.27. The molecule has 0 radical (unpaired) electrons. The molecule has 65 heavy (non-hydrogen) atoms. The summed E-state index contributed by atoms with van der Waals surface area (Å²) in [5, 5.41) is 12.7. The largest absolute Gasteiger partial charge is 0.472 e. The van der Waals surface area contributed by atoms with Gasteiger partial charge in [-0.25, -0.2) is 4.57 Å². The van der Waals surface area contributed by atoms with Crippen molar-refractivity contribution in [1.29, 1.82) is 0 Å². The molecular formula is C55H98NO8P. The maximum absolute atomic E-state index is 12.2. The molecule has 0 aromatic carbocycles. The number of rotatable bonds is 49. The fourth-order valence-electron chi connectivity index (χ4n) is 7.21. The van der Waals surface area contributed by atoms with Crippen LogP contribution >= 0.6 is 7.82 Å². The Morgan fingerprint density at radius 1 is 0.492 bits per heavy atom. The molecule has 0 spiro atoms. The molecule has 0 aliphatic rings. The lowest BCUT2D eigenvalue weighted by molar-refractivity contribution is -0.147. The van der Waals surface area contributed by atoms with Crippen molar-refractivity contribution in [1.82, 2.24) is 5.32 Å². The zero-order valence-corrected chi connectivity index (χ0v) is 42.6. The van der Waals surface area contributed by atoms with Gasteiger partial charge in [-0.05, 0) is 64.2 Å². The van der Waals surface area contributed by atoms with Gasteiger partial charge in [-0.15, -0.1) is 0 Å². The summed E-state index contributed by atoms with van der Waals surface area (Å²) in [6.45, 7) is 3.41. The molecule has 0 saturated carbocycles. The number of carbonyl (C=O) groups excluding carboxylic acids is 2. The molecule has 10 heteroatoms. The summed E-state index contributed by atoms with van der Waals surface area (Å²) >= 11 is 0. The van der Waals surface area contributed by atoms with Gasteiger partial charge in [-0.2, -0.15) is 0 Å². The minimum absolute atomic E-state index is 0.0552. The molecule has 0 aliphatic carbocycles. The van der Waals surface area contributed by atoms with Crippen molar-refractivity contribution in [3.8, 4) is 0 Å². The third kappa shape index (κ3) is 52.3. The van der Waals surface area contributed by atoms with Gasteiger partial charge in [0.25, 0.3) is 0 Å². The normalized spacial score (nSPS) is 13.7. The standard InChI is InChI=1S/C55H98NO8P/c1-3-5-7-9-11-13-15-17-19-21-23-25-26-28-30-32-34-36-38-40-42-44-46-48-55(59)62-51-53(57)52-64-65(60,61)63-50-49-56-54(58)47-45-43-41-39-37-35-33-31-29-27-24-22-20-18-16-14-12-10-8-6-4-2/h6,8,12,14,18,20,24,27,31,33,37,39,53,57H,3-5,7,9-11,13,15-17,19,21-23,25-26,28-30,32,34-36,38,40-52H2,1-2H3,(H,56,58)(H,60,61)/b8-6-,14-12-,20-18-,27-24-,33-31-,39-37-. The van der Waals surface area contributed by atoms with Crippen LogP contribution in [0.2, 0.25) is 0 Å². The first-order valence-electron chi connectivity index (χ1n) is 26.4. The summed E-state index contributed by atoms with van der Waals surface area (Å²) in [6.07, 6.45) is 64.2. The van der Waals surface area contributed by atoms with Crippen molar-refractivity contribution in [2.45, 2.75) is 238 Å². The average molecular weight is 932 g/mol. The number of ether oxygens (including phenoxy) is 1. The Hall–Kier alpha value is -2.55. The molecule has 376 valence electrons. The number of esters is 1. The highest BCUT2D eigenvalue weighted by atomic mass is 31.2. The summed E-state index contributed by atoms with van der Waals surface area (Å²) < 4.78 is 27.0. The third-order valence-corrected chi connectivity index (χ3v) is 12.1. The fraction of sp³-hybridized carbons (Fsp3) is 0.745. The Morgan fingerprint density at radius 3 is 1.31 bits per heavy atom. The predicted molar refractivity (Wildman–Crippen MR) is 275 cm³/mol. The van der Waals surface area contributed by atoms with E-state index in [1.807, 2.05) is 0 Å². The maximum atomic E-state index is 12.2. The number of amides is 1. The van der Waals surface area contributed by atoms with E-state index in [1.54, 1.807) is 0 Å². The van der Waals surface area contributed by atoms with Crippen LogP contribution in [0.25, 0.3) is 0 Å². The SMILES string of the molecule is CC/C=C\C/C=C\C/C=C\C/C=C\C/C=C\C/C=C\CCCCC(=O)NCCOP(=O)(O)OCC(O)COC(=O)CCCCCCCCCCCCCCCCCCCCCCCCC. The van der Waals surface area contributed by atoms with E-state index >= 15 is 0 Å². The van der Waals surface area contributed by atoms with Gasteiger partial charge in [-0.3, -0.25) is 18.6 Å². The molecule has 0 rings (SSSR count).